The maximum absolute atomic E-state index is 5.67. The molecule has 1 aromatic heterocycles. The molecule has 0 aliphatic heterocycles. The third-order valence-electron chi connectivity index (χ3n) is 4.06. The van der Waals surface area contributed by atoms with E-state index in [1.165, 1.54) is 18.5 Å². The van der Waals surface area contributed by atoms with Gasteiger partial charge in [0.2, 0.25) is 0 Å². The lowest BCUT2D eigenvalue weighted by Gasteiger charge is -2.23. The van der Waals surface area contributed by atoms with E-state index in [9.17, 15) is 0 Å². The van der Waals surface area contributed by atoms with Gasteiger partial charge in [0.1, 0.15) is 5.76 Å². The summed E-state index contributed by atoms with van der Waals surface area (Å²) in [6.07, 6.45) is 3.03. The van der Waals surface area contributed by atoms with Crippen LogP contribution in [0.3, 0.4) is 0 Å². The van der Waals surface area contributed by atoms with Crippen LogP contribution in [0, 0.1) is 0 Å². The van der Waals surface area contributed by atoms with Crippen molar-refractivity contribution in [3.63, 3.8) is 0 Å². The van der Waals surface area contributed by atoms with Crippen LogP contribution in [-0.4, -0.2) is 49.1 Å². The van der Waals surface area contributed by atoms with Crippen LogP contribution in [-0.2, 0) is 13.1 Å². The van der Waals surface area contributed by atoms with Crippen molar-refractivity contribution in [2.75, 3.05) is 39.3 Å². The van der Waals surface area contributed by atoms with Crippen LogP contribution >= 0.6 is 0 Å². The third-order valence-corrected chi connectivity index (χ3v) is 4.06. The smallest absolute Gasteiger partial charge is 0.122 e. The van der Waals surface area contributed by atoms with E-state index in [1.807, 2.05) is 6.26 Å². The molecule has 0 unspecified atom stereocenters. The van der Waals surface area contributed by atoms with Gasteiger partial charge >= 0.3 is 0 Å². The first-order valence-corrected chi connectivity index (χ1v) is 8.45. The summed E-state index contributed by atoms with van der Waals surface area (Å²) in [7, 11) is 0. The zero-order valence-electron chi connectivity index (χ0n) is 14.3. The Kier molecular flexibility index (Phi) is 9.39. The summed E-state index contributed by atoms with van der Waals surface area (Å²) >= 11 is 0. The number of furan rings is 1. The molecule has 0 saturated heterocycles. The molecule has 0 aliphatic carbocycles. The zero-order valence-corrected chi connectivity index (χ0v) is 14.3. The normalized spacial score (nSPS) is 11.7. The number of nitrogens with one attached hydrogen (secondary N) is 1. The molecule has 21 heavy (non-hydrogen) atoms. The van der Waals surface area contributed by atoms with Crippen molar-refractivity contribution in [2.45, 2.75) is 47.2 Å². The summed E-state index contributed by atoms with van der Waals surface area (Å²) in [6, 6.07) is 2.09. The standard InChI is InChI=1S/C17H33N3O/c1-5-18-14-16-10-13-21-17(16)15-20(8-4)12-9-11-19(6-2)7-3/h10,13,18H,5-9,11-12,14-15H2,1-4H3. The first kappa shape index (κ1) is 18.2. The van der Waals surface area contributed by atoms with Crippen molar-refractivity contribution in [3.05, 3.63) is 23.7 Å². The van der Waals surface area contributed by atoms with Gasteiger partial charge in [-0.2, -0.15) is 0 Å². The van der Waals surface area contributed by atoms with E-state index in [0.29, 0.717) is 0 Å². The fourth-order valence-electron chi connectivity index (χ4n) is 2.53. The van der Waals surface area contributed by atoms with E-state index in [4.69, 9.17) is 4.42 Å². The molecule has 0 aliphatic rings. The SMILES string of the molecule is CCNCc1ccoc1CN(CC)CCCN(CC)CC. The van der Waals surface area contributed by atoms with Crippen molar-refractivity contribution >= 4 is 0 Å². The van der Waals surface area contributed by atoms with Crippen LogP contribution < -0.4 is 5.32 Å². The van der Waals surface area contributed by atoms with Crippen molar-refractivity contribution in [1.82, 2.24) is 15.1 Å². The molecular weight excluding hydrogens is 262 g/mol. The molecule has 0 fully saturated rings. The highest BCUT2D eigenvalue weighted by Crippen LogP contribution is 2.13. The monoisotopic (exact) mass is 295 g/mol. The summed E-state index contributed by atoms with van der Waals surface area (Å²) in [6.45, 7) is 17.3. The molecule has 122 valence electrons. The Morgan fingerprint density at radius 2 is 1.67 bits per heavy atom. The highest BCUT2D eigenvalue weighted by molar-refractivity contribution is 5.16. The maximum atomic E-state index is 5.67. The van der Waals surface area contributed by atoms with E-state index in [1.54, 1.807) is 0 Å². The van der Waals surface area contributed by atoms with Gasteiger partial charge in [-0.05, 0) is 51.8 Å². The molecule has 0 aromatic carbocycles. The lowest BCUT2D eigenvalue weighted by atomic mass is 10.2. The van der Waals surface area contributed by atoms with E-state index >= 15 is 0 Å². The van der Waals surface area contributed by atoms with Gasteiger partial charge in [-0.3, -0.25) is 4.90 Å². The second-order valence-corrected chi connectivity index (χ2v) is 5.40. The van der Waals surface area contributed by atoms with Crippen LogP contribution in [0.5, 0.6) is 0 Å². The van der Waals surface area contributed by atoms with Crippen LogP contribution in [0.15, 0.2) is 16.7 Å². The first-order valence-electron chi connectivity index (χ1n) is 8.45. The maximum Gasteiger partial charge on any atom is 0.122 e. The van der Waals surface area contributed by atoms with Gasteiger partial charge in [0.25, 0.3) is 0 Å². The predicted octanol–water partition coefficient (Wildman–Crippen LogP) is 2.94. The number of rotatable bonds is 12. The number of nitrogens with zero attached hydrogens (tertiary/aromatic N) is 2. The Morgan fingerprint density at radius 3 is 2.29 bits per heavy atom. The molecule has 0 atom stereocenters. The molecule has 0 spiro atoms. The Morgan fingerprint density at radius 1 is 1.00 bits per heavy atom. The summed E-state index contributed by atoms with van der Waals surface area (Å²) in [4.78, 5) is 4.95. The Balaban J connectivity index is 2.41. The van der Waals surface area contributed by atoms with E-state index in [-0.39, 0.29) is 0 Å². The summed E-state index contributed by atoms with van der Waals surface area (Å²) in [5.41, 5.74) is 1.29. The number of hydrogen-bond donors (Lipinski definition) is 1. The van der Waals surface area contributed by atoms with Gasteiger partial charge in [0.15, 0.2) is 0 Å². The summed E-state index contributed by atoms with van der Waals surface area (Å²) in [5, 5.41) is 3.37. The highest BCUT2D eigenvalue weighted by atomic mass is 16.3. The Bertz CT molecular complexity index is 361. The lowest BCUT2D eigenvalue weighted by molar-refractivity contribution is 0.225. The molecule has 0 bridgehead atoms. The summed E-state index contributed by atoms with van der Waals surface area (Å²) in [5.74, 6) is 1.11. The van der Waals surface area contributed by atoms with Crippen molar-refractivity contribution < 1.29 is 4.42 Å². The fourth-order valence-corrected chi connectivity index (χ4v) is 2.53. The van der Waals surface area contributed by atoms with Gasteiger partial charge < -0.3 is 14.6 Å². The molecule has 1 N–H and O–H groups in total. The average Bonchev–Trinajstić information content (AvgIpc) is 2.95. The van der Waals surface area contributed by atoms with Crippen molar-refractivity contribution in [2.24, 2.45) is 0 Å². The minimum absolute atomic E-state index is 0.902. The van der Waals surface area contributed by atoms with Crippen LogP contribution in [0.4, 0.5) is 0 Å². The molecule has 4 heteroatoms. The Labute approximate surface area is 130 Å². The van der Waals surface area contributed by atoms with E-state index in [2.05, 4.69) is 48.9 Å². The quantitative estimate of drug-likeness (QED) is 0.642. The fraction of sp³-hybridized carbons (Fsp3) is 0.765. The number of hydrogen-bond acceptors (Lipinski definition) is 4. The third kappa shape index (κ3) is 6.64. The van der Waals surface area contributed by atoms with Gasteiger partial charge in [0, 0.05) is 12.1 Å². The second-order valence-electron chi connectivity index (χ2n) is 5.40. The van der Waals surface area contributed by atoms with Crippen LogP contribution in [0.2, 0.25) is 0 Å². The minimum atomic E-state index is 0.902. The molecular formula is C17H33N3O. The second kappa shape index (κ2) is 10.8. The molecule has 1 heterocycles. The predicted molar refractivity (Wildman–Crippen MR) is 89.4 cm³/mol. The van der Waals surface area contributed by atoms with Crippen LogP contribution in [0.25, 0.3) is 0 Å². The molecule has 0 radical (unpaired) electrons. The molecule has 0 amide bonds. The highest BCUT2D eigenvalue weighted by Gasteiger charge is 2.11. The van der Waals surface area contributed by atoms with Crippen molar-refractivity contribution in [3.8, 4) is 0 Å². The van der Waals surface area contributed by atoms with Gasteiger partial charge in [-0.1, -0.05) is 27.7 Å². The first-order chi connectivity index (χ1) is 10.2. The van der Waals surface area contributed by atoms with Crippen LogP contribution in [0.1, 0.15) is 45.4 Å². The topological polar surface area (TPSA) is 31.7 Å². The summed E-state index contributed by atoms with van der Waals surface area (Å²) < 4.78 is 5.67. The molecule has 1 aromatic rings. The molecule has 0 saturated carbocycles. The van der Waals surface area contributed by atoms with Gasteiger partial charge in [0.05, 0.1) is 12.8 Å². The lowest BCUT2D eigenvalue weighted by Crippen LogP contribution is -2.30. The van der Waals surface area contributed by atoms with Crippen molar-refractivity contribution in [1.29, 1.82) is 0 Å². The minimum Gasteiger partial charge on any atom is -0.468 e. The zero-order chi connectivity index (χ0) is 15.5. The molecule has 4 nitrogen and oxygen atoms in total. The van der Waals surface area contributed by atoms with Gasteiger partial charge in [-0.15, -0.1) is 0 Å². The average molecular weight is 295 g/mol. The van der Waals surface area contributed by atoms with E-state index < -0.39 is 0 Å². The molecule has 1 rings (SSSR count). The Hall–Kier alpha value is -0.840. The largest absolute Gasteiger partial charge is 0.468 e. The van der Waals surface area contributed by atoms with E-state index in [0.717, 1.165) is 51.6 Å². The van der Waals surface area contributed by atoms with Gasteiger partial charge in [-0.25, -0.2) is 0 Å².